The maximum absolute atomic E-state index is 13.1. The van der Waals surface area contributed by atoms with Crippen LogP contribution in [0.1, 0.15) is 42.6 Å². The van der Waals surface area contributed by atoms with Gasteiger partial charge in [-0.2, -0.15) is 18.3 Å². The Bertz CT molecular complexity index is 662. The molecule has 0 aromatic carbocycles. The first-order valence-electron chi connectivity index (χ1n) is 8.00. The molecule has 2 aliphatic carbocycles. The van der Waals surface area contributed by atoms with Crippen LogP contribution in [0, 0.1) is 5.92 Å². The van der Waals surface area contributed by atoms with E-state index in [9.17, 15) is 22.8 Å². The molecule has 1 aromatic rings. The molecule has 0 spiro atoms. The third-order valence-electron chi connectivity index (χ3n) is 4.72. The molecule has 3 N–H and O–H groups in total. The average Bonchev–Trinajstić information content (AvgIpc) is 2.81. The summed E-state index contributed by atoms with van der Waals surface area (Å²) < 4.78 is 40.5. The van der Waals surface area contributed by atoms with E-state index in [4.69, 9.17) is 5.73 Å². The van der Waals surface area contributed by atoms with Gasteiger partial charge in [-0.3, -0.25) is 14.3 Å². The van der Waals surface area contributed by atoms with Crippen molar-refractivity contribution in [3.8, 4) is 0 Å². The van der Waals surface area contributed by atoms with Gasteiger partial charge in [0.15, 0.2) is 5.69 Å². The molecule has 24 heavy (non-hydrogen) atoms. The lowest BCUT2D eigenvalue weighted by Gasteiger charge is -2.33. The lowest BCUT2D eigenvalue weighted by atomic mass is 9.80. The molecule has 6 nitrogen and oxygen atoms in total. The summed E-state index contributed by atoms with van der Waals surface area (Å²) in [6, 6.07) is -0.150. The number of aromatic nitrogens is 2. The van der Waals surface area contributed by atoms with Gasteiger partial charge < -0.3 is 11.1 Å². The van der Waals surface area contributed by atoms with Crippen LogP contribution in [0.5, 0.6) is 0 Å². The topological polar surface area (TPSA) is 90.0 Å². The minimum Gasteiger partial charge on any atom is -0.369 e. The number of nitrogens with zero attached hydrogens (tertiary/aromatic N) is 2. The third kappa shape index (κ3) is 3.25. The van der Waals surface area contributed by atoms with Crippen molar-refractivity contribution in [2.75, 3.05) is 0 Å². The number of nitrogens with two attached hydrogens (primary N) is 1. The van der Waals surface area contributed by atoms with E-state index in [1.807, 2.05) is 0 Å². The summed E-state index contributed by atoms with van der Waals surface area (Å²) >= 11 is 0. The van der Waals surface area contributed by atoms with E-state index < -0.39 is 23.7 Å². The van der Waals surface area contributed by atoms with Gasteiger partial charge in [-0.05, 0) is 38.5 Å². The second kappa shape index (κ2) is 6.10. The average molecular weight is 344 g/mol. The Labute approximate surface area is 136 Å². The predicted octanol–water partition coefficient (Wildman–Crippen LogP) is 1.16. The number of halogens is 3. The lowest BCUT2D eigenvalue weighted by molar-refractivity contribution is -0.142. The Morgan fingerprint density at radius 3 is 2.54 bits per heavy atom. The fourth-order valence-corrected chi connectivity index (χ4v) is 3.41. The van der Waals surface area contributed by atoms with Crippen LogP contribution in [-0.4, -0.2) is 27.6 Å². The van der Waals surface area contributed by atoms with E-state index in [0.717, 1.165) is 6.42 Å². The van der Waals surface area contributed by atoms with Gasteiger partial charge in [0.05, 0.1) is 0 Å². The molecule has 2 amide bonds. The Morgan fingerprint density at radius 1 is 1.25 bits per heavy atom. The second-order valence-electron chi connectivity index (χ2n) is 6.47. The minimum atomic E-state index is -4.51. The summed E-state index contributed by atoms with van der Waals surface area (Å²) in [4.78, 5) is 23.0. The molecule has 1 saturated carbocycles. The normalized spacial score (nSPS) is 23.3. The van der Waals surface area contributed by atoms with Crippen molar-refractivity contribution in [3.05, 3.63) is 17.0 Å². The first-order valence-corrected chi connectivity index (χ1v) is 8.00. The van der Waals surface area contributed by atoms with Crippen LogP contribution < -0.4 is 11.1 Å². The highest BCUT2D eigenvalue weighted by Crippen LogP contribution is 2.35. The second-order valence-corrected chi connectivity index (χ2v) is 6.47. The van der Waals surface area contributed by atoms with Gasteiger partial charge in [-0.25, -0.2) is 0 Å². The molecule has 3 rings (SSSR count). The summed E-state index contributed by atoms with van der Waals surface area (Å²) in [6.45, 7) is -0.240. The van der Waals surface area contributed by atoms with E-state index >= 15 is 0 Å². The summed E-state index contributed by atoms with van der Waals surface area (Å²) in [5.41, 5.74) is 5.02. The van der Waals surface area contributed by atoms with Crippen LogP contribution in [0.3, 0.4) is 0 Å². The van der Waals surface area contributed by atoms with Crippen molar-refractivity contribution >= 4 is 11.8 Å². The summed E-state index contributed by atoms with van der Waals surface area (Å²) in [5, 5.41) is 6.37. The Morgan fingerprint density at radius 2 is 1.92 bits per heavy atom. The standard InChI is InChI=1S/C15H19F3N4O2/c16-15(17,18)13-10-3-1-2-4-11(10)22(21-13)7-12(23)20-9-5-8(6-9)14(19)24/h8-9H,1-7H2,(H2,19,24)(H,20,23). The predicted molar refractivity (Wildman–Crippen MR) is 77.7 cm³/mol. The van der Waals surface area contributed by atoms with E-state index in [0.29, 0.717) is 37.8 Å². The molecule has 0 aliphatic heterocycles. The molecular weight excluding hydrogens is 325 g/mol. The number of fused-ring (bicyclic) bond motifs is 1. The van der Waals surface area contributed by atoms with Gasteiger partial charge in [0.1, 0.15) is 6.54 Å². The molecule has 0 bridgehead atoms. The first-order chi connectivity index (χ1) is 11.3. The van der Waals surface area contributed by atoms with Crippen LogP contribution in [0.2, 0.25) is 0 Å². The highest BCUT2D eigenvalue weighted by molar-refractivity contribution is 5.79. The molecule has 0 radical (unpaired) electrons. The molecule has 132 valence electrons. The Kier molecular flexibility index (Phi) is 4.27. The van der Waals surface area contributed by atoms with E-state index in [2.05, 4.69) is 10.4 Å². The summed E-state index contributed by atoms with van der Waals surface area (Å²) in [5.74, 6) is -1.02. The molecular formula is C15H19F3N4O2. The van der Waals surface area contributed by atoms with Gasteiger partial charge in [0.25, 0.3) is 0 Å². The quantitative estimate of drug-likeness (QED) is 0.859. The van der Waals surface area contributed by atoms with Crippen LogP contribution in [-0.2, 0) is 35.2 Å². The van der Waals surface area contributed by atoms with Gasteiger partial charge in [-0.1, -0.05) is 0 Å². The van der Waals surface area contributed by atoms with Crippen LogP contribution in [0.4, 0.5) is 13.2 Å². The molecule has 0 saturated heterocycles. The Balaban J connectivity index is 1.68. The number of carbonyl (C=O) groups excluding carboxylic acids is 2. The van der Waals surface area contributed by atoms with E-state index in [-0.39, 0.29) is 24.1 Å². The number of primary amides is 1. The highest BCUT2D eigenvalue weighted by atomic mass is 19.4. The van der Waals surface area contributed by atoms with Gasteiger partial charge >= 0.3 is 6.18 Å². The fraction of sp³-hybridized carbons (Fsp3) is 0.667. The fourth-order valence-electron chi connectivity index (χ4n) is 3.41. The zero-order chi connectivity index (χ0) is 17.5. The number of alkyl halides is 3. The SMILES string of the molecule is NC(=O)C1CC(NC(=O)Cn2nc(C(F)(F)F)c3c2CCCC3)C1. The van der Waals surface area contributed by atoms with Crippen molar-refractivity contribution in [1.29, 1.82) is 0 Å². The molecule has 2 aliphatic rings. The molecule has 9 heteroatoms. The summed E-state index contributed by atoms with van der Waals surface area (Å²) in [6.07, 6.45) is -1.22. The van der Waals surface area contributed by atoms with Gasteiger partial charge in [0.2, 0.25) is 11.8 Å². The van der Waals surface area contributed by atoms with Crippen molar-refractivity contribution in [2.24, 2.45) is 11.7 Å². The maximum Gasteiger partial charge on any atom is 0.435 e. The lowest BCUT2D eigenvalue weighted by Crippen LogP contribution is -2.49. The van der Waals surface area contributed by atoms with Gasteiger partial charge in [-0.15, -0.1) is 0 Å². The monoisotopic (exact) mass is 344 g/mol. The van der Waals surface area contributed by atoms with Crippen molar-refractivity contribution < 1.29 is 22.8 Å². The number of carbonyl (C=O) groups is 2. The summed E-state index contributed by atoms with van der Waals surface area (Å²) in [7, 11) is 0. The van der Waals surface area contributed by atoms with Crippen LogP contribution in [0.25, 0.3) is 0 Å². The third-order valence-corrected chi connectivity index (χ3v) is 4.72. The van der Waals surface area contributed by atoms with Crippen molar-refractivity contribution in [2.45, 2.75) is 57.3 Å². The zero-order valence-corrected chi connectivity index (χ0v) is 13.0. The first kappa shape index (κ1) is 16.8. The molecule has 1 aromatic heterocycles. The molecule has 1 heterocycles. The van der Waals surface area contributed by atoms with Crippen molar-refractivity contribution in [3.63, 3.8) is 0 Å². The Hall–Kier alpha value is -2.06. The number of nitrogens with one attached hydrogen (secondary N) is 1. The smallest absolute Gasteiger partial charge is 0.369 e. The van der Waals surface area contributed by atoms with E-state index in [1.165, 1.54) is 4.68 Å². The number of hydrogen-bond donors (Lipinski definition) is 2. The number of rotatable bonds is 4. The highest BCUT2D eigenvalue weighted by Gasteiger charge is 2.40. The molecule has 0 unspecified atom stereocenters. The minimum absolute atomic E-state index is 0.150. The largest absolute Gasteiger partial charge is 0.435 e. The van der Waals surface area contributed by atoms with Crippen molar-refractivity contribution in [1.82, 2.24) is 15.1 Å². The van der Waals surface area contributed by atoms with Crippen LogP contribution >= 0.6 is 0 Å². The van der Waals surface area contributed by atoms with E-state index in [1.54, 1.807) is 0 Å². The zero-order valence-electron chi connectivity index (χ0n) is 13.0. The molecule has 0 atom stereocenters. The maximum atomic E-state index is 13.1. The molecule has 1 fully saturated rings. The number of hydrogen-bond acceptors (Lipinski definition) is 3. The van der Waals surface area contributed by atoms with Gasteiger partial charge in [0, 0.05) is 23.2 Å². The van der Waals surface area contributed by atoms with Crippen LogP contribution in [0.15, 0.2) is 0 Å². The number of amides is 2.